The van der Waals surface area contributed by atoms with Gasteiger partial charge in [0, 0.05) is 5.02 Å². The highest BCUT2D eigenvalue weighted by atomic mass is 35.5. The van der Waals surface area contributed by atoms with Crippen molar-refractivity contribution in [3.8, 4) is 11.1 Å². The van der Waals surface area contributed by atoms with Gasteiger partial charge in [-0.25, -0.2) is 18.4 Å². The summed E-state index contributed by atoms with van der Waals surface area (Å²) in [4.78, 5) is 7.86. The first kappa shape index (κ1) is 19.2. The van der Waals surface area contributed by atoms with Gasteiger partial charge in [0.25, 0.3) is 10.0 Å². The maximum absolute atomic E-state index is 12.7. The minimum atomic E-state index is -3.98. The van der Waals surface area contributed by atoms with Crippen LogP contribution in [0.5, 0.6) is 0 Å². The average molecular weight is 449 g/mol. The molecule has 0 saturated carbocycles. The van der Waals surface area contributed by atoms with E-state index in [1.165, 1.54) is 18.2 Å². The van der Waals surface area contributed by atoms with Crippen LogP contribution < -0.4 is 4.72 Å². The summed E-state index contributed by atoms with van der Waals surface area (Å²) in [6.07, 6.45) is 1.16. The van der Waals surface area contributed by atoms with Crippen LogP contribution >= 0.6 is 46.4 Å². The van der Waals surface area contributed by atoms with Crippen molar-refractivity contribution in [2.45, 2.75) is 4.90 Å². The van der Waals surface area contributed by atoms with Crippen LogP contribution in [0.15, 0.2) is 53.7 Å². The van der Waals surface area contributed by atoms with Crippen LogP contribution in [0.4, 0.5) is 5.82 Å². The number of sulfonamides is 1. The lowest BCUT2D eigenvalue weighted by Crippen LogP contribution is -2.15. The van der Waals surface area contributed by atoms with Crippen LogP contribution in [0.1, 0.15) is 0 Å². The van der Waals surface area contributed by atoms with Crippen LogP contribution in [0.25, 0.3) is 11.1 Å². The van der Waals surface area contributed by atoms with Gasteiger partial charge in [0.15, 0.2) is 5.82 Å². The van der Waals surface area contributed by atoms with Crippen molar-refractivity contribution >= 4 is 62.2 Å². The van der Waals surface area contributed by atoms with E-state index in [0.29, 0.717) is 16.1 Å². The van der Waals surface area contributed by atoms with Gasteiger partial charge in [0.05, 0.1) is 20.5 Å². The average Bonchev–Trinajstić information content (AvgIpc) is 2.58. The van der Waals surface area contributed by atoms with Crippen molar-refractivity contribution in [1.29, 1.82) is 0 Å². The van der Waals surface area contributed by atoms with Crippen molar-refractivity contribution in [2.75, 3.05) is 4.72 Å². The van der Waals surface area contributed by atoms with Crippen molar-refractivity contribution < 1.29 is 8.42 Å². The highest BCUT2D eigenvalue weighted by molar-refractivity contribution is 7.92. The van der Waals surface area contributed by atoms with Gasteiger partial charge < -0.3 is 0 Å². The number of rotatable bonds is 4. The highest BCUT2D eigenvalue weighted by Gasteiger charge is 2.20. The minimum absolute atomic E-state index is 0.0263. The van der Waals surface area contributed by atoms with E-state index in [1.807, 2.05) is 0 Å². The molecule has 0 bridgehead atoms. The van der Waals surface area contributed by atoms with E-state index in [-0.39, 0.29) is 25.9 Å². The van der Waals surface area contributed by atoms with Gasteiger partial charge in [-0.05, 0) is 35.9 Å². The van der Waals surface area contributed by atoms with Crippen molar-refractivity contribution in [3.63, 3.8) is 0 Å². The molecule has 3 rings (SSSR count). The fraction of sp³-hybridized carbons (Fsp3) is 0. The maximum atomic E-state index is 12.7. The number of hydrogen-bond acceptors (Lipinski definition) is 4. The van der Waals surface area contributed by atoms with E-state index in [4.69, 9.17) is 46.4 Å². The number of benzene rings is 2. The van der Waals surface area contributed by atoms with Crippen LogP contribution in [0, 0.1) is 0 Å². The molecule has 0 aliphatic heterocycles. The van der Waals surface area contributed by atoms with E-state index < -0.39 is 10.0 Å². The third kappa shape index (κ3) is 4.05. The summed E-state index contributed by atoms with van der Waals surface area (Å²) in [5.41, 5.74) is 0.932. The van der Waals surface area contributed by atoms with Crippen molar-refractivity contribution in [2.24, 2.45) is 0 Å². The highest BCUT2D eigenvalue weighted by Crippen LogP contribution is 2.34. The molecular formula is C16H9Cl4N3O2S. The number of halogens is 4. The lowest BCUT2D eigenvalue weighted by atomic mass is 10.1. The molecule has 1 heterocycles. The van der Waals surface area contributed by atoms with Gasteiger partial charge >= 0.3 is 0 Å². The standard InChI is InChI=1S/C16H9Cl4N3O2S/c17-10-3-1-9(2-4-10)14-15(20)21-8-22-16(14)23-26(24,25)11-5-6-12(18)13(19)7-11/h1-8H,(H,21,22,23). The predicted octanol–water partition coefficient (Wildman–Crippen LogP) is 5.56. The molecule has 1 N–H and O–H groups in total. The zero-order valence-corrected chi connectivity index (χ0v) is 16.6. The SMILES string of the molecule is O=S(=O)(Nc1ncnc(Cl)c1-c1ccc(Cl)cc1)c1ccc(Cl)c(Cl)c1. The normalized spacial score (nSPS) is 11.4. The Morgan fingerprint density at radius 3 is 2.19 bits per heavy atom. The van der Waals surface area contributed by atoms with Crippen LogP contribution in [0.2, 0.25) is 20.2 Å². The number of nitrogens with one attached hydrogen (secondary N) is 1. The molecule has 26 heavy (non-hydrogen) atoms. The largest absolute Gasteiger partial charge is 0.263 e. The Morgan fingerprint density at radius 1 is 0.846 bits per heavy atom. The summed E-state index contributed by atoms with van der Waals surface area (Å²) in [6.45, 7) is 0. The molecule has 1 aromatic heterocycles. The van der Waals surface area contributed by atoms with Crippen molar-refractivity contribution in [1.82, 2.24) is 9.97 Å². The summed E-state index contributed by atoms with van der Waals surface area (Å²) < 4.78 is 27.8. The Bertz CT molecular complexity index is 1070. The summed E-state index contributed by atoms with van der Waals surface area (Å²) >= 11 is 23.8. The number of aromatic nitrogens is 2. The Labute approximate surface area is 170 Å². The third-order valence-electron chi connectivity index (χ3n) is 3.37. The molecule has 0 radical (unpaired) electrons. The van der Waals surface area contributed by atoms with Crippen LogP contribution in [0.3, 0.4) is 0 Å². The number of nitrogens with zero attached hydrogens (tertiary/aromatic N) is 2. The molecule has 0 spiro atoms. The minimum Gasteiger partial charge on any atom is -0.263 e. The Morgan fingerprint density at radius 2 is 1.54 bits per heavy atom. The molecule has 0 unspecified atom stereocenters. The van der Waals surface area contributed by atoms with Gasteiger partial charge in [-0.2, -0.15) is 0 Å². The smallest absolute Gasteiger partial charge is 0.263 e. The van der Waals surface area contributed by atoms with Gasteiger partial charge in [0.1, 0.15) is 11.5 Å². The zero-order chi connectivity index (χ0) is 18.9. The molecule has 0 atom stereocenters. The summed E-state index contributed by atoms with van der Waals surface area (Å²) in [5.74, 6) is 0.0263. The summed E-state index contributed by atoms with van der Waals surface area (Å²) in [7, 11) is -3.98. The second kappa shape index (κ2) is 7.58. The fourth-order valence-electron chi connectivity index (χ4n) is 2.14. The van der Waals surface area contributed by atoms with E-state index in [2.05, 4.69) is 14.7 Å². The fourth-order valence-corrected chi connectivity index (χ4v) is 3.92. The Balaban J connectivity index is 2.06. The van der Waals surface area contributed by atoms with E-state index in [0.717, 1.165) is 6.33 Å². The lowest BCUT2D eigenvalue weighted by Gasteiger charge is -2.13. The molecule has 2 aromatic carbocycles. The Kier molecular flexibility index (Phi) is 5.60. The zero-order valence-electron chi connectivity index (χ0n) is 12.7. The van der Waals surface area contributed by atoms with Gasteiger partial charge in [-0.15, -0.1) is 0 Å². The molecule has 5 nitrogen and oxygen atoms in total. The molecule has 0 aliphatic carbocycles. The molecule has 0 saturated heterocycles. The van der Waals surface area contributed by atoms with E-state index in [9.17, 15) is 8.42 Å². The summed E-state index contributed by atoms with van der Waals surface area (Å²) in [6, 6.07) is 10.6. The summed E-state index contributed by atoms with van der Waals surface area (Å²) in [5, 5.41) is 0.986. The quantitative estimate of drug-likeness (QED) is 0.530. The molecule has 0 aliphatic rings. The van der Waals surface area contributed by atoms with E-state index in [1.54, 1.807) is 24.3 Å². The molecule has 0 amide bonds. The van der Waals surface area contributed by atoms with Crippen LogP contribution in [-0.4, -0.2) is 18.4 Å². The topological polar surface area (TPSA) is 72.0 Å². The lowest BCUT2D eigenvalue weighted by molar-refractivity contribution is 0.601. The predicted molar refractivity (Wildman–Crippen MR) is 105 cm³/mol. The van der Waals surface area contributed by atoms with Gasteiger partial charge in [0.2, 0.25) is 0 Å². The molecule has 10 heteroatoms. The Hall–Kier alpha value is -1.57. The molecular weight excluding hydrogens is 440 g/mol. The number of anilines is 1. The first-order valence-corrected chi connectivity index (χ1v) is 10.0. The second-order valence-corrected chi connectivity index (χ2v) is 8.37. The van der Waals surface area contributed by atoms with E-state index >= 15 is 0 Å². The molecule has 3 aromatic rings. The maximum Gasteiger partial charge on any atom is 0.263 e. The molecule has 134 valence electrons. The van der Waals surface area contributed by atoms with Crippen molar-refractivity contribution in [3.05, 3.63) is 69.0 Å². The molecule has 0 fully saturated rings. The van der Waals surface area contributed by atoms with Gasteiger partial charge in [-0.3, -0.25) is 4.72 Å². The first-order valence-electron chi connectivity index (χ1n) is 7.02. The number of hydrogen-bond donors (Lipinski definition) is 1. The second-order valence-electron chi connectivity index (χ2n) is 5.08. The third-order valence-corrected chi connectivity index (χ3v) is 5.98. The van der Waals surface area contributed by atoms with Gasteiger partial charge in [-0.1, -0.05) is 58.5 Å². The monoisotopic (exact) mass is 447 g/mol. The first-order chi connectivity index (χ1) is 12.3. The van der Waals surface area contributed by atoms with Crippen LogP contribution in [-0.2, 0) is 10.0 Å².